The molecule has 42 heavy (non-hydrogen) atoms. The van der Waals surface area contributed by atoms with Crippen molar-refractivity contribution in [3.63, 3.8) is 0 Å². The highest BCUT2D eigenvalue weighted by Crippen LogP contribution is 2.23. The third-order valence-electron chi connectivity index (χ3n) is 6.94. The number of fused-ring (bicyclic) bond motifs is 1. The number of aryl methyl sites for hydroxylation is 1. The molecule has 5 rings (SSSR count). The van der Waals surface area contributed by atoms with Gasteiger partial charge in [0.2, 0.25) is 0 Å². The van der Waals surface area contributed by atoms with Crippen LogP contribution in [0.4, 0.5) is 0 Å². The van der Waals surface area contributed by atoms with Crippen LogP contribution in [-0.2, 0) is 24.3 Å². The van der Waals surface area contributed by atoms with Gasteiger partial charge < -0.3 is 14.4 Å². The van der Waals surface area contributed by atoms with Gasteiger partial charge in [-0.25, -0.2) is 5.48 Å². The molecule has 0 spiro atoms. The van der Waals surface area contributed by atoms with Crippen molar-refractivity contribution in [2.45, 2.75) is 32.2 Å². The van der Waals surface area contributed by atoms with Crippen LogP contribution in [0.2, 0.25) is 0 Å². The molecule has 8 nitrogen and oxygen atoms in total. The average Bonchev–Trinajstić information content (AvgIpc) is 3.44. The minimum atomic E-state index is -0.666. The molecule has 2 heterocycles. The second kappa shape index (κ2) is 14.2. The van der Waals surface area contributed by atoms with Crippen molar-refractivity contribution in [1.82, 2.24) is 20.3 Å². The maximum Gasteiger partial charge on any atom is 0.267 e. The Bertz CT molecular complexity index is 1610. The van der Waals surface area contributed by atoms with Crippen molar-refractivity contribution in [2.24, 2.45) is 0 Å². The molecule has 0 aliphatic rings. The van der Waals surface area contributed by atoms with E-state index in [9.17, 15) is 9.90 Å². The monoisotopic (exact) mass is 562 g/mol. The van der Waals surface area contributed by atoms with E-state index < -0.39 is 12.1 Å². The summed E-state index contributed by atoms with van der Waals surface area (Å²) in [6.45, 7) is 2.01. The van der Waals surface area contributed by atoms with Crippen molar-refractivity contribution in [2.75, 3.05) is 6.61 Å². The maximum atomic E-state index is 11.2. The second-order valence-corrected chi connectivity index (χ2v) is 9.99. The smallest absolute Gasteiger partial charge is 0.267 e. The van der Waals surface area contributed by atoms with E-state index in [1.54, 1.807) is 11.6 Å². The summed E-state index contributed by atoms with van der Waals surface area (Å²) in [5.74, 6) is 0.255. The summed E-state index contributed by atoms with van der Waals surface area (Å²) in [6.07, 6.45) is 7.44. The highest BCUT2D eigenvalue weighted by Gasteiger charge is 2.08. The van der Waals surface area contributed by atoms with E-state index in [1.807, 2.05) is 97.2 Å². The van der Waals surface area contributed by atoms with E-state index in [4.69, 9.17) is 9.94 Å². The third-order valence-corrected chi connectivity index (χ3v) is 6.94. The molecule has 0 aliphatic heterocycles. The molecule has 0 radical (unpaired) electrons. The molecule has 1 atom stereocenters. The molecular weight excluding hydrogens is 528 g/mol. The number of nitrogens with zero attached hydrogens (tertiary/aromatic N) is 2. The van der Waals surface area contributed by atoms with Gasteiger partial charge in [-0.1, -0.05) is 54.6 Å². The quantitative estimate of drug-likeness (QED) is 0.0507. The van der Waals surface area contributed by atoms with Crippen LogP contribution in [0.25, 0.3) is 28.1 Å². The molecule has 2 aromatic heterocycles. The van der Waals surface area contributed by atoms with Gasteiger partial charge in [0.25, 0.3) is 5.91 Å². The van der Waals surface area contributed by atoms with E-state index in [0.717, 1.165) is 57.6 Å². The van der Waals surface area contributed by atoms with Crippen molar-refractivity contribution < 1.29 is 19.8 Å². The van der Waals surface area contributed by atoms with Gasteiger partial charge >= 0.3 is 0 Å². The van der Waals surface area contributed by atoms with Crippen LogP contribution in [0.3, 0.4) is 0 Å². The first-order valence-corrected chi connectivity index (χ1v) is 13.9. The van der Waals surface area contributed by atoms with Crippen LogP contribution >= 0.6 is 0 Å². The largest absolute Gasteiger partial charge is 0.494 e. The van der Waals surface area contributed by atoms with E-state index in [0.29, 0.717) is 19.6 Å². The molecule has 0 saturated carbocycles. The zero-order valence-electron chi connectivity index (χ0n) is 23.2. The predicted molar refractivity (Wildman–Crippen MR) is 164 cm³/mol. The molecule has 0 bridgehead atoms. The summed E-state index contributed by atoms with van der Waals surface area (Å²) < 4.78 is 8.16. The number of benzene rings is 3. The lowest BCUT2D eigenvalue weighted by atomic mass is 10.1. The normalized spacial score (nSPS) is 12.0. The molecule has 1 amide bonds. The van der Waals surface area contributed by atoms with E-state index >= 15 is 0 Å². The summed E-state index contributed by atoms with van der Waals surface area (Å²) in [5, 5.41) is 23.2. The number of hydrogen-bond donors (Lipinski definition) is 4. The molecule has 4 N–H and O–H groups in total. The number of aliphatic hydroxyl groups is 1. The first kappa shape index (κ1) is 28.8. The Morgan fingerprint density at radius 2 is 1.79 bits per heavy atom. The minimum Gasteiger partial charge on any atom is -0.494 e. The number of aromatic nitrogens is 2. The van der Waals surface area contributed by atoms with Crippen LogP contribution in [0.1, 0.15) is 23.2 Å². The van der Waals surface area contributed by atoms with Gasteiger partial charge in [-0.15, -0.1) is 0 Å². The van der Waals surface area contributed by atoms with E-state index in [2.05, 4.69) is 21.1 Å². The molecule has 0 aliphatic carbocycles. The first-order valence-electron chi connectivity index (χ1n) is 13.9. The lowest BCUT2D eigenvalue weighted by Crippen LogP contribution is -2.30. The van der Waals surface area contributed by atoms with Crippen LogP contribution < -0.4 is 15.5 Å². The van der Waals surface area contributed by atoms with Crippen molar-refractivity contribution in [3.8, 4) is 16.9 Å². The number of rotatable bonds is 13. The number of carbonyl (C=O) groups excluding carboxylic acids is 1. The number of pyridine rings is 1. The first-order chi connectivity index (χ1) is 20.6. The van der Waals surface area contributed by atoms with E-state index in [-0.39, 0.29) is 0 Å². The van der Waals surface area contributed by atoms with Crippen LogP contribution in [0.5, 0.6) is 5.75 Å². The fraction of sp³-hybridized carbons (Fsp3) is 0.176. The summed E-state index contributed by atoms with van der Waals surface area (Å²) in [5.41, 5.74) is 7.59. The van der Waals surface area contributed by atoms with Gasteiger partial charge in [-0.3, -0.25) is 20.3 Å². The fourth-order valence-corrected chi connectivity index (χ4v) is 4.71. The zero-order chi connectivity index (χ0) is 29.1. The van der Waals surface area contributed by atoms with Gasteiger partial charge in [0, 0.05) is 60.1 Å². The van der Waals surface area contributed by atoms with Gasteiger partial charge in [0.15, 0.2) is 0 Å². The summed E-state index contributed by atoms with van der Waals surface area (Å²) in [4.78, 5) is 15.7. The Balaban J connectivity index is 1.07. The zero-order valence-corrected chi connectivity index (χ0v) is 23.2. The maximum absolute atomic E-state index is 11.2. The molecular formula is C34H34N4O4. The SMILES string of the molecule is O=C(/C=C/c1ccc2c(ccn2CCCOc2ccc(-c3ccc(CC(O)NCc4ccccc4)nc3)cc2)c1)NO. The van der Waals surface area contributed by atoms with Crippen LogP contribution in [-0.4, -0.2) is 38.6 Å². The number of ether oxygens (including phenoxy) is 1. The minimum absolute atomic E-state index is 0.433. The number of hydroxylamine groups is 1. The van der Waals surface area contributed by atoms with Gasteiger partial charge in [0.05, 0.1) is 6.61 Å². The molecule has 0 saturated heterocycles. The predicted octanol–water partition coefficient (Wildman–Crippen LogP) is 5.34. The topological polar surface area (TPSA) is 109 Å². The van der Waals surface area contributed by atoms with Crippen molar-refractivity contribution in [3.05, 3.63) is 126 Å². The molecule has 1 unspecified atom stereocenters. The summed E-state index contributed by atoms with van der Waals surface area (Å²) >= 11 is 0. The van der Waals surface area contributed by atoms with Crippen molar-refractivity contribution in [1.29, 1.82) is 0 Å². The second-order valence-electron chi connectivity index (χ2n) is 9.99. The van der Waals surface area contributed by atoms with Gasteiger partial charge in [-0.05, 0) is 65.6 Å². The summed E-state index contributed by atoms with van der Waals surface area (Å²) in [6, 6.07) is 30.0. The number of hydrogen-bond acceptors (Lipinski definition) is 6. The lowest BCUT2D eigenvalue weighted by Gasteiger charge is -2.13. The number of amides is 1. The number of carbonyl (C=O) groups is 1. The average molecular weight is 563 g/mol. The van der Waals surface area contributed by atoms with Crippen molar-refractivity contribution >= 4 is 22.9 Å². The Kier molecular flexibility index (Phi) is 9.74. The standard InChI is InChI=1S/C34H34N4O4/c39-33(37-41)16-8-25-7-15-32-28(21-25)17-19-38(32)18-4-20-42-31-13-10-27(11-14-31)29-9-12-30(35-24-29)22-34(40)36-23-26-5-2-1-3-6-26/h1-3,5-17,19,21,24,34,36,40-41H,4,18,20,22-23H2,(H,37,39)/b16-8+. The highest BCUT2D eigenvalue weighted by molar-refractivity contribution is 5.92. The Morgan fingerprint density at radius 1 is 0.976 bits per heavy atom. The van der Waals surface area contributed by atoms with Gasteiger partial charge in [-0.2, -0.15) is 0 Å². The Hall–Kier alpha value is -4.76. The molecule has 214 valence electrons. The Labute approximate surface area is 244 Å². The van der Waals surface area contributed by atoms with Crippen LogP contribution in [0, 0.1) is 0 Å². The summed E-state index contributed by atoms with van der Waals surface area (Å²) in [7, 11) is 0. The van der Waals surface area contributed by atoms with E-state index in [1.165, 1.54) is 6.08 Å². The lowest BCUT2D eigenvalue weighted by molar-refractivity contribution is -0.124. The van der Waals surface area contributed by atoms with Crippen LogP contribution in [0.15, 0.2) is 109 Å². The third kappa shape index (κ3) is 7.92. The fourth-order valence-electron chi connectivity index (χ4n) is 4.71. The molecule has 5 aromatic rings. The molecule has 8 heteroatoms. The molecule has 0 fully saturated rings. The van der Waals surface area contributed by atoms with Gasteiger partial charge in [0.1, 0.15) is 12.0 Å². The number of aliphatic hydroxyl groups excluding tert-OH is 1. The number of nitrogens with one attached hydrogen (secondary N) is 2. The molecule has 3 aromatic carbocycles. The Morgan fingerprint density at radius 3 is 2.55 bits per heavy atom. The highest BCUT2D eigenvalue weighted by atomic mass is 16.5.